The highest BCUT2D eigenvalue weighted by atomic mass is 16.1. The van der Waals surface area contributed by atoms with Crippen LogP contribution in [0.3, 0.4) is 0 Å². The summed E-state index contributed by atoms with van der Waals surface area (Å²) in [5.74, 6) is -0.209. The lowest BCUT2D eigenvalue weighted by atomic mass is 10.0. The van der Waals surface area contributed by atoms with Crippen molar-refractivity contribution in [2.75, 3.05) is 0 Å². The first-order chi connectivity index (χ1) is 11.8. The zero-order valence-corrected chi connectivity index (χ0v) is 12.9. The number of nitrogens with one attached hydrogen (secondary N) is 1. The molecule has 2 aromatic carbocycles. The van der Waals surface area contributed by atoms with Crippen molar-refractivity contribution >= 4 is 5.91 Å². The van der Waals surface area contributed by atoms with Crippen molar-refractivity contribution in [2.24, 2.45) is 0 Å². The smallest absolute Gasteiger partial charge is 0.252 e. The monoisotopic (exact) mass is 313 g/mol. The maximum absolute atomic E-state index is 12.6. The summed E-state index contributed by atoms with van der Waals surface area (Å²) in [6, 6.07) is 23.6. The first-order valence-electron chi connectivity index (χ1n) is 7.55. The Bertz CT molecular complexity index is 813. The number of carbonyl (C=O) groups is 1. The number of pyridine rings is 1. The van der Waals surface area contributed by atoms with Crippen LogP contribution < -0.4 is 5.32 Å². The highest BCUT2D eigenvalue weighted by molar-refractivity contribution is 5.94. The van der Waals surface area contributed by atoms with E-state index in [0.717, 1.165) is 11.3 Å². The average molecular weight is 313 g/mol. The number of amides is 1. The van der Waals surface area contributed by atoms with Gasteiger partial charge in [0.2, 0.25) is 0 Å². The Morgan fingerprint density at radius 3 is 2.29 bits per heavy atom. The van der Waals surface area contributed by atoms with Crippen LogP contribution in [0.1, 0.15) is 33.2 Å². The summed E-state index contributed by atoms with van der Waals surface area (Å²) in [5, 5.41) is 11.9. The van der Waals surface area contributed by atoms with Gasteiger partial charge in [-0.1, -0.05) is 36.4 Å². The number of hydrogen-bond donors (Lipinski definition) is 1. The Labute approximate surface area is 140 Å². The van der Waals surface area contributed by atoms with Crippen LogP contribution in [-0.4, -0.2) is 10.9 Å². The van der Waals surface area contributed by atoms with E-state index >= 15 is 0 Å². The van der Waals surface area contributed by atoms with Crippen LogP contribution in [0.25, 0.3) is 0 Å². The van der Waals surface area contributed by atoms with Crippen molar-refractivity contribution in [3.8, 4) is 6.07 Å². The van der Waals surface area contributed by atoms with Gasteiger partial charge in [-0.05, 0) is 42.0 Å². The van der Waals surface area contributed by atoms with E-state index in [1.807, 2.05) is 54.6 Å². The topological polar surface area (TPSA) is 65.8 Å². The normalized spacial score (nSPS) is 11.3. The largest absolute Gasteiger partial charge is 0.340 e. The molecule has 0 aliphatic rings. The maximum Gasteiger partial charge on any atom is 0.252 e. The molecule has 0 fully saturated rings. The molecule has 0 aliphatic heterocycles. The molecule has 0 spiro atoms. The van der Waals surface area contributed by atoms with E-state index in [4.69, 9.17) is 5.26 Å². The molecule has 0 saturated heterocycles. The van der Waals surface area contributed by atoms with E-state index in [2.05, 4.69) is 10.3 Å². The van der Waals surface area contributed by atoms with Crippen molar-refractivity contribution in [3.05, 3.63) is 101 Å². The summed E-state index contributed by atoms with van der Waals surface area (Å²) in [4.78, 5) is 17.0. The minimum absolute atomic E-state index is 0.209. The number of nitriles is 1. The first-order valence-corrected chi connectivity index (χ1v) is 7.55. The van der Waals surface area contributed by atoms with Gasteiger partial charge in [0.15, 0.2) is 0 Å². The van der Waals surface area contributed by atoms with Crippen LogP contribution in [-0.2, 0) is 0 Å². The van der Waals surface area contributed by atoms with Gasteiger partial charge in [-0.25, -0.2) is 0 Å². The number of carbonyl (C=O) groups excluding carboxylic acids is 1. The number of rotatable bonds is 4. The molecule has 1 unspecified atom stereocenters. The zero-order chi connectivity index (χ0) is 16.8. The molecule has 1 atom stereocenters. The standard InChI is InChI=1S/C20H15N3O/c21-14-15-9-11-17(12-10-15)20(24)23-19(16-6-2-1-3-7-16)18-8-4-5-13-22-18/h1-13,19H,(H,23,24). The van der Waals surface area contributed by atoms with Gasteiger partial charge < -0.3 is 5.32 Å². The van der Waals surface area contributed by atoms with Crippen molar-refractivity contribution in [1.29, 1.82) is 5.26 Å². The van der Waals surface area contributed by atoms with Gasteiger partial charge in [0.25, 0.3) is 5.91 Å². The minimum atomic E-state index is -0.337. The first kappa shape index (κ1) is 15.4. The van der Waals surface area contributed by atoms with Gasteiger partial charge in [0.1, 0.15) is 0 Å². The van der Waals surface area contributed by atoms with Gasteiger partial charge >= 0.3 is 0 Å². The Balaban J connectivity index is 1.89. The molecule has 0 bridgehead atoms. The highest BCUT2D eigenvalue weighted by Gasteiger charge is 2.18. The Morgan fingerprint density at radius 1 is 0.958 bits per heavy atom. The van der Waals surface area contributed by atoms with Crippen LogP contribution in [0, 0.1) is 11.3 Å². The van der Waals surface area contributed by atoms with Crippen LogP contribution in [0.5, 0.6) is 0 Å². The van der Waals surface area contributed by atoms with Crippen LogP contribution >= 0.6 is 0 Å². The molecular formula is C20H15N3O. The van der Waals surface area contributed by atoms with Crippen LogP contribution in [0.2, 0.25) is 0 Å². The van der Waals surface area contributed by atoms with Gasteiger partial charge in [0.05, 0.1) is 23.4 Å². The Kier molecular flexibility index (Phi) is 4.64. The second-order valence-electron chi connectivity index (χ2n) is 5.26. The Morgan fingerprint density at radius 2 is 1.67 bits per heavy atom. The lowest BCUT2D eigenvalue weighted by molar-refractivity contribution is 0.0942. The molecule has 4 heteroatoms. The van der Waals surface area contributed by atoms with E-state index < -0.39 is 0 Å². The molecule has 1 N–H and O–H groups in total. The molecule has 24 heavy (non-hydrogen) atoms. The van der Waals surface area contributed by atoms with E-state index in [0.29, 0.717) is 11.1 Å². The lowest BCUT2D eigenvalue weighted by Crippen LogP contribution is -2.29. The van der Waals surface area contributed by atoms with Crippen LogP contribution in [0.15, 0.2) is 79.0 Å². The molecular weight excluding hydrogens is 298 g/mol. The predicted molar refractivity (Wildman–Crippen MR) is 91.1 cm³/mol. The summed E-state index contributed by atoms with van der Waals surface area (Å²) in [6.45, 7) is 0. The summed E-state index contributed by atoms with van der Waals surface area (Å²) >= 11 is 0. The van der Waals surface area contributed by atoms with Gasteiger partial charge in [-0.15, -0.1) is 0 Å². The molecule has 1 aromatic heterocycles. The molecule has 1 amide bonds. The van der Waals surface area contributed by atoms with E-state index in [1.165, 1.54) is 0 Å². The number of benzene rings is 2. The number of aromatic nitrogens is 1. The summed E-state index contributed by atoms with van der Waals surface area (Å²) < 4.78 is 0. The molecule has 3 rings (SSSR count). The van der Waals surface area contributed by atoms with Crippen molar-refractivity contribution in [3.63, 3.8) is 0 Å². The fourth-order valence-corrected chi connectivity index (χ4v) is 2.43. The van der Waals surface area contributed by atoms with E-state index in [1.54, 1.807) is 30.5 Å². The fourth-order valence-electron chi connectivity index (χ4n) is 2.43. The third-order valence-corrected chi connectivity index (χ3v) is 3.67. The molecule has 0 radical (unpaired) electrons. The molecule has 116 valence electrons. The molecule has 4 nitrogen and oxygen atoms in total. The summed E-state index contributed by atoms with van der Waals surface area (Å²) in [7, 11) is 0. The van der Waals surface area contributed by atoms with Crippen LogP contribution in [0.4, 0.5) is 0 Å². The molecule has 1 heterocycles. The lowest BCUT2D eigenvalue weighted by Gasteiger charge is -2.19. The van der Waals surface area contributed by atoms with Gasteiger partial charge in [0, 0.05) is 11.8 Å². The van der Waals surface area contributed by atoms with Crippen molar-refractivity contribution < 1.29 is 4.79 Å². The summed E-state index contributed by atoms with van der Waals surface area (Å²) in [5.41, 5.74) is 2.76. The number of nitrogens with zero attached hydrogens (tertiary/aromatic N) is 2. The quantitative estimate of drug-likeness (QED) is 0.802. The maximum atomic E-state index is 12.6. The third kappa shape index (κ3) is 3.47. The Hall–Kier alpha value is -3.45. The second-order valence-corrected chi connectivity index (χ2v) is 5.26. The fraction of sp³-hybridized carbons (Fsp3) is 0.0500. The average Bonchev–Trinajstić information content (AvgIpc) is 2.67. The molecule has 0 saturated carbocycles. The highest BCUT2D eigenvalue weighted by Crippen LogP contribution is 2.20. The SMILES string of the molecule is N#Cc1ccc(C(=O)NC(c2ccccc2)c2ccccn2)cc1. The minimum Gasteiger partial charge on any atom is -0.340 e. The van der Waals surface area contributed by atoms with Crippen molar-refractivity contribution in [2.45, 2.75) is 6.04 Å². The third-order valence-electron chi connectivity index (χ3n) is 3.67. The zero-order valence-electron chi connectivity index (χ0n) is 12.9. The summed E-state index contributed by atoms with van der Waals surface area (Å²) in [6.07, 6.45) is 1.71. The van der Waals surface area contributed by atoms with Gasteiger partial charge in [-0.2, -0.15) is 5.26 Å². The number of hydrogen-bond acceptors (Lipinski definition) is 3. The molecule has 3 aromatic rings. The second kappa shape index (κ2) is 7.21. The van der Waals surface area contributed by atoms with Crippen molar-refractivity contribution in [1.82, 2.24) is 10.3 Å². The van der Waals surface area contributed by atoms with E-state index in [9.17, 15) is 4.79 Å². The van der Waals surface area contributed by atoms with E-state index in [-0.39, 0.29) is 11.9 Å². The molecule has 0 aliphatic carbocycles. The predicted octanol–water partition coefficient (Wildman–Crippen LogP) is 3.47. The van der Waals surface area contributed by atoms with Gasteiger partial charge in [-0.3, -0.25) is 9.78 Å².